The van der Waals surface area contributed by atoms with Gasteiger partial charge >= 0.3 is 0 Å². The monoisotopic (exact) mass is 377 g/mol. The van der Waals surface area contributed by atoms with Crippen molar-refractivity contribution in [2.75, 3.05) is 5.32 Å². The molecule has 0 atom stereocenters. The number of anilines is 1. The second kappa shape index (κ2) is 6.86. The van der Waals surface area contributed by atoms with E-state index in [1.54, 1.807) is 19.1 Å². The quantitative estimate of drug-likeness (QED) is 0.682. The number of hydrogen-bond donors (Lipinski definition) is 1. The predicted molar refractivity (Wildman–Crippen MR) is 97.4 cm³/mol. The molecule has 0 spiro atoms. The van der Waals surface area contributed by atoms with Crippen LogP contribution in [0.5, 0.6) is 0 Å². The maximum absolute atomic E-state index is 13.1. The van der Waals surface area contributed by atoms with Crippen LogP contribution in [-0.4, -0.2) is 15.7 Å². The lowest BCUT2D eigenvalue weighted by Crippen LogP contribution is -2.14. The zero-order chi connectivity index (χ0) is 18.1. The van der Waals surface area contributed by atoms with Gasteiger partial charge in [-0.3, -0.25) is 4.79 Å². The molecule has 2 aromatic carbocycles. The summed E-state index contributed by atoms with van der Waals surface area (Å²) in [6.45, 7) is 3.55. The highest BCUT2D eigenvalue weighted by Crippen LogP contribution is 2.26. The molecule has 0 aliphatic carbocycles. The topological polar surface area (TPSA) is 46.9 Å². The van der Waals surface area contributed by atoms with Gasteiger partial charge in [-0.1, -0.05) is 29.3 Å². The standard InChI is InChI=1S/C18H14Cl2FN3O/c1-10-3-4-12(19)9-15(10)22-18(25)16-11(2)23-24(17(16)20)14-7-5-13(21)6-8-14/h3-9H,1-2H3,(H,22,25). The summed E-state index contributed by atoms with van der Waals surface area (Å²) in [6.07, 6.45) is 0. The van der Waals surface area contributed by atoms with Gasteiger partial charge in [0.25, 0.3) is 5.91 Å². The van der Waals surface area contributed by atoms with Gasteiger partial charge in [0.15, 0.2) is 0 Å². The molecule has 0 bridgehead atoms. The van der Waals surface area contributed by atoms with E-state index in [2.05, 4.69) is 10.4 Å². The Labute approximate surface area is 154 Å². The third kappa shape index (κ3) is 3.52. The molecule has 0 unspecified atom stereocenters. The van der Waals surface area contributed by atoms with Gasteiger partial charge in [-0.2, -0.15) is 5.10 Å². The molecule has 0 aliphatic rings. The van der Waals surface area contributed by atoms with E-state index < -0.39 is 0 Å². The van der Waals surface area contributed by atoms with Crippen LogP contribution in [0, 0.1) is 19.7 Å². The Morgan fingerprint density at radius 1 is 1.12 bits per heavy atom. The first-order chi connectivity index (χ1) is 11.9. The van der Waals surface area contributed by atoms with Gasteiger partial charge in [0.05, 0.1) is 11.4 Å². The van der Waals surface area contributed by atoms with Gasteiger partial charge < -0.3 is 5.32 Å². The number of aromatic nitrogens is 2. The lowest BCUT2D eigenvalue weighted by atomic mass is 10.2. The van der Waals surface area contributed by atoms with Crippen molar-refractivity contribution in [1.82, 2.24) is 9.78 Å². The Morgan fingerprint density at radius 2 is 1.80 bits per heavy atom. The summed E-state index contributed by atoms with van der Waals surface area (Å²) >= 11 is 12.3. The van der Waals surface area contributed by atoms with E-state index in [-0.39, 0.29) is 22.4 Å². The van der Waals surface area contributed by atoms with E-state index in [0.717, 1.165) is 5.56 Å². The van der Waals surface area contributed by atoms with Gasteiger partial charge in [0.2, 0.25) is 0 Å². The summed E-state index contributed by atoms with van der Waals surface area (Å²) in [5.74, 6) is -0.751. The first-order valence-electron chi connectivity index (χ1n) is 7.45. The zero-order valence-electron chi connectivity index (χ0n) is 13.5. The number of nitrogens with zero attached hydrogens (tertiary/aromatic N) is 2. The summed E-state index contributed by atoms with van der Waals surface area (Å²) in [7, 11) is 0. The van der Waals surface area contributed by atoms with Crippen molar-refractivity contribution >= 4 is 34.8 Å². The lowest BCUT2D eigenvalue weighted by molar-refractivity contribution is 0.102. The number of carbonyl (C=O) groups is 1. The third-order valence-corrected chi connectivity index (χ3v) is 4.33. The SMILES string of the molecule is Cc1ccc(Cl)cc1NC(=O)c1c(C)nn(-c2ccc(F)cc2)c1Cl. The molecule has 1 amide bonds. The molecule has 0 saturated heterocycles. The van der Waals surface area contributed by atoms with Crippen LogP contribution < -0.4 is 5.32 Å². The molecule has 3 rings (SSSR count). The predicted octanol–water partition coefficient (Wildman–Crippen LogP) is 5.19. The van der Waals surface area contributed by atoms with E-state index in [1.807, 2.05) is 13.0 Å². The summed E-state index contributed by atoms with van der Waals surface area (Å²) < 4.78 is 14.5. The molecule has 0 radical (unpaired) electrons. The number of benzene rings is 2. The average molecular weight is 378 g/mol. The Kier molecular flexibility index (Phi) is 4.79. The van der Waals surface area contributed by atoms with E-state index >= 15 is 0 Å². The van der Waals surface area contributed by atoms with Crippen LogP contribution in [-0.2, 0) is 0 Å². The normalized spacial score (nSPS) is 10.8. The fourth-order valence-corrected chi connectivity index (χ4v) is 2.95. The van der Waals surface area contributed by atoms with Crippen molar-refractivity contribution in [3.05, 3.63) is 75.3 Å². The van der Waals surface area contributed by atoms with Crippen molar-refractivity contribution in [2.24, 2.45) is 0 Å². The molecule has 25 heavy (non-hydrogen) atoms. The highest BCUT2D eigenvalue weighted by atomic mass is 35.5. The van der Waals surface area contributed by atoms with Crippen LogP contribution in [0.1, 0.15) is 21.6 Å². The Bertz CT molecular complexity index is 952. The van der Waals surface area contributed by atoms with E-state index in [4.69, 9.17) is 23.2 Å². The van der Waals surface area contributed by atoms with Crippen LogP contribution >= 0.6 is 23.2 Å². The number of amides is 1. The Balaban J connectivity index is 1.96. The maximum Gasteiger partial charge on any atom is 0.260 e. The van der Waals surface area contributed by atoms with Gasteiger partial charge in [0.1, 0.15) is 16.5 Å². The molecule has 128 valence electrons. The molecule has 4 nitrogen and oxygen atoms in total. The zero-order valence-corrected chi connectivity index (χ0v) is 15.0. The highest BCUT2D eigenvalue weighted by molar-refractivity contribution is 6.34. The van der Waals surface area contributed by atoms with Crippen molar-refractivity contribution in [3.63, 3.8) is 0 Å². The first kappa shape index (κ1) is 17.5. The molecule has 7 heteroatoms. The molecular weight excluding hydrogens is 364 g/mol. The molecule has 0 aliphatic heterocycles. The Morgan fingerprint density at radius 3 is 2.48 bits per heavy atom. The van der Waals surface area contributed by atoms with Crippen LogP contribution in [0.15, 0.2) is 42.5 Å². The average Bonchev–Trinajstić information content (AvgIpc) is 2.86. The fourth-order valence-electron chi connectivity index (χ4n) is 2.42. The summed E-state index contributed by atoms with van der Waals surface area (Å²) in [6, 6.07) is 10.9. The first-order valence-corrected chi connectivity index (χ1v) is 8.21. The van der Waals surface area contributed by atoms with Gasteiger partial charge in [-0.15, -0.1) is 0 Å². The van der Waals surface area contributed by atoms with E-state index in [9.17, 15) is 9.18 Å². The minimum absolute atomic E-state index is 0.154. The second-order valence-electron chi connectivity index (χ2n) is 5.55. The van der Waals surface area contributed by atoms with Gasteiger partial charge in [-0.25, -0.2) is 9.07 Å². The molecule has 0 saturated carbocycles. The van der Waals surface area contributed by atoms with Crippen LogP contribution in [0.2, 0.25) is 10.2 Å². The highest BCUT2D eigenvalue weighted by Gasteiger charge is 2.21. The van der Waals surface area contributed by atoms with Crippen LogP contribution in [0.25, 0.3) is 5.69 Å². The van der Waals surface area contributed by atoms with Gasteiger partial charge in [-0.05, 0) is 55.8 Å². The lowest BCUT2D eigenvalue weighted by Gasteiger charge is -2.09. The molecule has 0 fully saturated rings. The number of hydrogen-bond acceptors (Lipinski definition) is 2. The third-order valence-electron chi connectivity index (χ3n) is 3.75. The van der Waals surface area contributed by atoms with E-state index in [1.165, 1.54) is 28.9 Å². The number of carbonyl (C=O) groups excluding carboxylic acids is 1. The van der Waals surface area contributed by atoms with E-state index in [0.29, 0.717) is 22.1 Å². The minimum atomic E-state index is -0.388. The molecule has 1 heterocycles. The Hall–Kier alpha value is -2.37. The number of halogens is 3. The van der Waals surface area contributed by atoms with Gasteiger partial charge in [0, 0.05) is 10.7 Å². The van der Waals surface area contributed by atoms with Crippen molar-refractivity contribution in [2.45, 2.75) is 13.8 Å². The smallest absolute Gasteiger partial charge is 0.260 e. The number of nitrogens with one attached hydrogen (secondary N) is 1. The fraction of sp³-hybridized carbons (Fsp3) is 0.111. The largest absolute Gasteiger partial charge is 0.322 e. The van der Waals surface area contributed by atoms with Crippen LogP contribution in [0.4, 0.5) is 10.1 Å². The maximum atomic E-state index is 13.1. The number of rotatable bonds is 3. The molecule has 3 aromatic rings. The minimum Gasteiger partial charge on any atom is -0.322 e. The summed E-state index contributed by atoms with van der Waals surface area (Å²) in [4.78, 5) is 12.7. The van der Waals surface area contributed by atoms with Crippen LogP contribution in [0.3, 0.4) is 0 Å². The summed E-state index contributed by atoms with van der Waals surface area (Å²) in [5.41, 5.74) is 2.75. The second-order valence-corrected chi connectivity index (χ2v) is 6.35. The molecular formula is C18H14Cl2FN3O. The van der Waals surface area contributed by atoms with Crippen molar-refractivity contribution < 1.29 is 9.18 Å². The summed E-state index contributed by atoms with van der Waals surface area (Å²) in [5, 5.41) is 7.76. The molecule has 1 aromatic heterocycles. The molecule has 1 N–H and O–H groups in total. The van der Waals surface area contributed by atoms with Crippen molar-refractivity contribution in [3.8, 4) is 5.69 Å². The van der Waals surface area contributed by atoms with Crippen molar-refractivity contribution in [1.29, 1.82) is 0 Å². The number of aryl methyl sites for hydroxylation is 2.